The van der Waals surface area contributed by atoms with Gasteiger partial charge in [0.25, 0.3) is 0 Å². The van der Waals surface area contributed by atoms with Crippen molar-refractivity contribution in [1.82, 2.24) is 4.98 Å². The highest BCUT2D eigenvalue weighted by Gasteiger charge is 2.30. The van der Waals surface area contributed by atoms with Crippen LogP contribution in [0.4, 0.5) is 0 Å². The van der Waals surface area contributed by atoms with Gasteiger partial charge in [0, 0.05) is 16.0 Å². The minimum atomic E-state index is -3.36. The Kier molecular flexibility index (Phi) is 2.83. The molecule has 0 bridgehead atoms. The molecule has 22 heavy (non-hydrogen) atoms. The predicted octanol–water partition coefficient (Wildman–Crippen LogP) is 4.15. The van der Waals surface area contributed by atoms with Gasteiger partial charge in [-0.05, 0) is 42.3 Å². The number of para-hydroxylation sites is 1. The molecule has 1 aromatic heterocycles. The number of aryl methyl sites for hydroxylation is 1. The first-order chi connectivity index (χ1) is 10.5. The Labute approximate surface area is 133 Å². The van der Waals surface area contributed by atoms with Crippen LogP contribution in [0.1, 0.15) is 11.1 Å². The minimum Gasteiger partial charge on any atom is -0.247 e. The molecule has 0 radical (unpaired) electrons. The smallest absolute Gasteiger partial charge is 0.183 e. The lowest BCUT2D eigenvalue weighted by molar-refractivity contribution is 0.594. The van der Waals surface area contributed by atoms with Crippen molar-refractivity contribution in [2.45, 2.75) is 17.6 Å². The van der Waals surface area contributed by atoms with Crippen LogP contribution in [-0.4, -0.2) is 13.4 Å². The summed E-state index contributed by atoms with van der Waals surface area (Å²) in [5, 5.41) is 1.50. The number of halogens is 1. The van der Waals surface area contributed by atoms with Crippen LogP contribution >= 0.6 is 11.6 Å². The fourth-order valence-electron chi connectivity index (χ4n) is 3.04. The maximum Gasteiger partial charge on any atom is 0.183 e. The molecule has 0 N–H and O–H groups in total. The van der Waals surface area contributed by atoms with Crippen molar-refractivity contribution >= 4 is 32.3 Å². The van der Waals surface area contributed by atoms with E-state index in [1.54, 1.807) is 18.2 Å². The molecule has 0 spiro atoms. The lowest BCUT2D eigenvalue weighted by Crippen LogP contribution is -2.15. The molecule has 0 saturated heterocycles. The second kappa shape index (κ2) is 4.54. The number of fused-ring (bicyclic) bond motifs is 4. The molecule has 2 heterocycles. The van der Waals surface area contributed by atoms with E-state index in [0.717, 1.165) is 27.7 Å². The predicted molar refractivity (Wildman–Crippen MR) is 87.8 cm³/mol. The molecule has 2 aromatic carbocycles. The first-order valence-electron chi connectivity index (χ1n) is 6.88. The van der Waals surface area contributed by atoms with Crippen LogP contribution in [0, 0.1) is 6.92 Å². The number of hydrogen-bond donors (Lipinski definition) is 0. The van der Waals surface area contributed by atoms with Crippen LogP contribution in [0.2, 0.25) is 5.02 Å². The van der Waals surface area contributed by atoms with Gasteiger partial charge in [0.2, 0.25) is 0 Å². The van der Waals surface area contributed by atoms with Crippen LogP contribution in [0.25, 0.3) is 22.2 Å². The van der Waals surface area contributed by atoms with Crippen LogP contribution in [-0.2, 0) is 15.6 Å². The van der Waals surface area contributed by atoms with E-state index in [1.165, 1.54) is 0 Å². The average molecular weight is 330 g/mol. The molecule has 0 unspecified atom stereocenters. The quantitative estimate of drug-likeness (QED) is 0.622. The Morgan fingerprint density at radius 2 is 1.91 bits per heavy atom. The summed E-state index contributed by atoms with van der Waals surface area (Å²) in [4.78, 5) is 5.01. The summed E-state index contributed by atoms with van der Waals surface area (Å²) in [6.07, 6.45) is 0. The van der Waals surface area contributed by atoms with Gasteiger partial charge in [-0.3, -0.25) is 0 Å². The van der Waals surface area contributed by atoms with Crippen molar-refractivity contribution in [2.75, 3.05) is 0 Å². The Hall–Kier alpha value is -1.91. The van der Waals surface area contributed by atoms with E-state index in [2.05, 4.69) is 0 Å². The lowest BCUT2D eigenvalue weighted by Gasteiger charge is -2.22. The maximum atomic E-state index is 12.6. The van der Waals surface area contributed by atoms with Crippen LogP contribution in [0.3, 0.4) is 0 Å². The van der Waals surface area contributed by atoms with E-state index in [1.807, 2.05) is 31.2 Å². The van der Waals surface area contributed by atoms with Gasteiger partial charge >= 0.3 is 0 Å². The summed E-state index contributed by atoms with van der Waals surface area (Å²) in [5.41, 5.74) is 3.93. The molecule has 4 rings (SSSR count). The molecule has 3 nitrogen and oxygen atoms in total. The van der Waals surface area contributed by atoms with Gasteiger partial charge in [-0.15, -0.1) is 0 Å². The van der Waals surface area contributed by atoms with Crippen molar-refractivity contribution in [3.05, 3.63) is 58.6 Å². The van der Waals surface area contributed by atoms with Crippen LogP contribution < -0.4 is 0 Å². The highest BCUT2D eigenvalue weighted by atomic mass is 35.5. The van der Waals surface area contributed by atoms with Crippen LogP contribution in [0.15, 0.2) is 47.4 Å². The van der Waals surface area contributed by atoms with E-state index in [4.69, 9.17) is 16.6 Å². The number of pyridine rings is 1. The van der Waals surface area contributed by atoms with Gasteiger partial charge < -0.3 is 0 Å². The Bertz CT molecular complexity index is 1040. The zero-order chi connectivity index (χ0) is 15.5. The number of sulfone groups is 1. The average Bonchev–Trinajstić information content (AvgIpc) is 2.49. The van der Waals surface area contributed by atoms with E-state index in [9.17, 15) is 8.42 Å². The third kappa shape index (κ3) is 1.87. The minimum absolute atomic E-state index is 0.0133. The fourth-order valence-corrected chi connectivity index (χ4v) is 4.87. The number of aromatic nitrogens is 1. The number of rotatable bonds is 0. The lowest BCUT2D eigenvalue weighted by atomic mass is 9.98. The molecule has 0 saturated carbocycles. The summed E-state index contributed by atoms with van der Waals surface area (Å²) in [6, 6.07) is 12.6. The van der Waals surface area contributed by atoms with Crippen molar-refractivity contribution < 1.29 is 8.42 Å². The van der Waals surface area contributed by atoms with Crippen molar-refractivity contribution in [3.8, 4) is 11.3 Å². The van der Waals surface area contributed by atoms with Crippen molar-refractivity contribution in [3.63, 3.8) is 0 Å². The van der Waals surface area contributed by atoms with E-state index in [-0.39, 0.29) is 5.75 Å². The molecule has 1 aliphatic heterocycles. The molecule has 0 aliphatic carbocycles. The highest BCUT2D eigenvalue weighted by molar-refractivity contribution is 7.90. The molecular formula is C17H12ClNO2S. The molecule has 1 aliphatic rings. The fraction of sp³-hybridized carbons (Fsp3) is 0.118. The summed E-state index contributed by atoms with van der Waals surface area (Å²) < 4.78 is 25.1. The molecule has 0 atom stereocenters. The van der Waals surface area contributed by atoms with Crippen molar-refractivity contribution in [1.29, 1.82) is 0 Å². The topological polar surface area (TPSA) is 47.0 Å². The van der Waals surface area contributed by atoms with Gasteiger partial charge in [0.05, 0.1) is 21.9 Å². The first kappa shape index (κ1) is 13.7. The van der Waals surface area contributed by atoms with Crippen molar-refractivity contribution in [2.24, 2.45) is 0 Å². The Balaban J connectivity index is 2.18. The van der Waals surface area contributed by atoms with E-state index >= 15 is 0 Å². The summed E-state index contributed by atoms with van der Waals surface area (Å²) in [6.45, 7) is 1.95. The molecule has 3 aromatic rings. The second-order valence-electron chi connectivity index (χ2n) is 5.48. The molecule has 0 fully saturated rings. The van der Waals surface area contributed by atoms with Gasteiger partial charge in [0.1, 0.15) is 0 Å². The molecule has 0 amide bonds. The van der Waals surface area contributed by atoms with E-state index < -0.39 is 9.84 Å². The number of nitrogens with zero attached hydrogens (tertiary/aromatic N) is 1. The maximum absolute atomic E-state index is 12.6. The third-order valence-corrected chi connectivity index (χ3v) is 6.07. The first-order valence-corrected chi connectivity index (χ1v) is 8.91. The summed E-state index contributed by atoms with van der Waals surface area (Å²) in [7, 11) is -3.36. The third-order valence-electron chi connectivity index (χ3n) is 4.14. The summed E-state index contributed by atoms with van der Waals surface area (Å²) in [5.74, 6) is -0.0133. The standard InChI is InChI=1S/C17H12ClNO2S/c1-10-12-4-2-3-5-15(12)19-17-13-8-11(18)6-7-16(13)22(20,21)9-14(10)17/h2-8H,9H2,1H3. The van der Waals surface area contributed by atoms with Gasteiger partial charge in [-0.25, -0.2) is 13.4 Å². The molecule has 110 valence electrons. The van der Waals surface area contributed by atoms with E-state index in [0.29, 0.717) is 15.5 Å². The van der Waals surface area contributed by atoms with Gasteiger partial charge in [-0.1, -0.05) is 29.8 Å². The summed E-state index contributed by atoms with van der Waals surface area (Å²) >= 11 is 6.07. The molecular weight excluding hydrogens is 318 g/mol. The Morgan fingerprint density at radius 3 is 2.73 bits per heavy atom. The Morgan fingerprint density at radius 1 is 1.14 bits per heavy atom. The normalized spacial score (nSPS) is 15.4. The SMILES string of the molecule is Cc1c2c(nc3ccccc13)-c1cc(Cl)ccc1S(=O)(=O)C2. The number of benzene rings is 2. The van der Waals surface area contributed by atoms with Gasteiger partial charge in [0.15, 0.2) is 9.84 Å². The largest absolute Gasteiger partial charge is 0.247 e. The zero-order valence-corrected chi connectivity index (χ0v) is 13.4. The van der Waals surface area contributed by atoms with Gasteiger partial charge in [-0.2, -0.15) is 0 Å². The second-order valence-corrected chi connectivity index (χ2v) is 7.88. The van der Waals surface area contributed by atoms with Crippen LogP contribution in [0.5, 0.6) is 0 Å². The number of hydrogen-bond acceptors (Lipinski definition) is 3. The highest BCUT2D eigenvalue weighted by Crippen LogP contribution is 2.40. The molecule has 5 heteroatoms. The monoisotopic (exact) mass is 329 g/mol. The zero-order valence-electron chi connectivity index (χ0n) is 11.8.